The van der Waals surface area contributed by atoms with Crippen LogP contribution in [0.5, 0.6) is 0 Å². The number of amides is 1. The van der Waals surface area contributed by atoms with Crippen molar-refractivity contribution in [2.24, 2.45) is 5.92 Å². The molecule has 3 unspecified atom stereocenters. The summed E-state index contributed by atoms with van der Waals surface area (Å²) >= 11 is 0. The van der Waals surface area contributed by atoms with Crippen molar-refractivity contribution in [1.29, 1.82) is 0 Å². The lowest BCUT2D eigenvalue weighted by Gasteiger charge is -2.40. The van der Waals surface area contributed by atoms with E-state index in [9.17, 15) is 9.59 Å². The van der Waals surface area contributed by atoms with E-state index in [1.807, 2.05) is 24.3 Å². The molecule has 1 fully saturated rings. The largest absolute Gasteiger partial charge is 0.364 e. The number of carbonyl (C=O) groups is 2. The van der Waals surface area contributed by atoms with Crippen LogP contribution in [-0.2, 0) is 19.9 Å². The van der Waals surface area contributed by atoms with E-state index in [0.29, 0.717) is 24.2 Å². The Morgan fingerprint density at radius 1 is 1.09 bits per heavy atom. The van der Waals surface area contributed by atoms with Gasteiger partial charge in [-0.25, -0.2) is 0 Å². The standard InChI is InChI=1S/C40H43N3O4/c1-8-16-42(17-9-2)33(44)22-46-28-20-26(6)37(27(7)21-28)43-32-15-14-31(41-36-24(4)18-23(3)19-25(36)5)34-35(32)40(39(43)47-40)30-13-11-10-12-29(30)38(34)45/h8-15,18-20,27-28,37,39,41H,1-2,16-17,21-22H2,3-7H3/t27?,28?,37?,39-,40+/m0/s1. The van der Waals surface area contributed by atoms with Crippen LogP contribution >= 0.6 is 0 Å². The van der Waals surface area contributed by atoms with E-state index in [4.69, 9.17) is 9.47 Å². The summed E-state index contributed by atoms with van der Waals surface area (Å²) in [5, 5.41) is 3.67. The summed E-state index contributed by atoms with van der Waals surface area (Å²) in [6.07, 6.45) is 5.95. The molecule has 2 aliphatic heterocycles. The van der Waals surface area contributed by atoms with Crippen molar-refractivity contribution in [3.05, 3.63) is 124 Å². The fourth-order valence-corrected chi connectivity index (χ4v) is 8.38. The van der Waals surface area contributed by atoms with Crippen LogP contribution in [0.25, 0.3) is 0 Å². The molecule has 242 valence electrons. The minimum Gasteiger partial charge on any atom is -0.364 e. The van der Waals surface area contributed by atoms with Crippen molar-refractivity contribution in [2.45, 2.75) is 65.0 Å². The third kappa shape index (κ3) is 4.86. The monoisotopic (exact) mass is 629 g/mol. The van der Waals surface area contributed by atoms with E-state index in [1.54, 1.807) is 17.1 Å². The van der Waals surface area contributed by atoms with Gasteiger partial charge in [-0.15, -0.1) is 13.2 Å². The number of hydrogen-bond donors (Lipinski definition) is 1. The molecule has 7 rings (SSSR count). The number of anilines is 3. The van der Waals surface area contributed by atoms with Gasteiger partial charge >= 0.3 is 0 Å². The number of nitrogens with one attached hydrogen (secondary N) is 1. The number of carbonyl (C=O) groups excluding carboxylic acids is 2. The third-order valence-electron chi connectivity index (χ3n) is 10.2. The van der Waals surface area contributed by atoms with E-state index in [0.717, 1.165) is 45.7 Å². The Bertz CT molecular complexity index is 1830. The summed E-state index contributed by atoms with van der Waals surface area (Å²) in [7, 11) is 0. The Labute approximate surface area is 277 Å². The van der Waals surface area contributed by atoms with Crippen LogP contribution in [0.3, 0.4) is 0 Å². The minimum atomic E-state index is -0.691. The second-order valence-corrected chi connectivity index (χ2v) is 13.6. The summed E-state index contributed by atoms with van der Waals surface area (Å²) in [6, 6.07) is 16.5. The number of hydrogen-bond acceptors (Lipinski definition) is 6. The molecule has 1 saturated heterocycles. The van der Waals surface area contributed by atoms with Crippen LogP contribution in [0.1, 0.15) is 64.0 Å². The maximum Gasteiger partial charge on any atom is 0.249 e. The molecule has 1 spiro atoms. The van der Waals surface area contributed by atoms with Crippen LogP contribution in [0.2, 0.25) is 0 Å². The van der Waals surface area contributed by atoms with Crippen molar-refractivity contribution in [3.8, 4) is 0 Å². The highest BCUT2D eigenvalue weighted by Gasteiger charge is 2.72. The van der Waals surface area contributed by atoms with Gasteiger partial charge in [0.15, 0.2) is 17.6 Å². The molecule has 2 aliphatic carbocycles. The van der Waals surface area contributed by atoms with Crippen LogP contribution in [0, 0.1) is 26.7 Å². The zero-order valence-electron chi connectivity index (χ0n) is 27.9. The summed E-state index contributed by atoms with van der Waals surface area (Å²) in [6.45, 7) is 19.1. The van der Waals surface area contributed by atoms with E-state index < -0.39 is 5.60 Å². The van der Waals surface area contributed by atoms with E-state index >= 15 is 0 Å². The third-order valence-corrected chi connectivity index (χ3v) is 10.2. The molecule has 7 nitrogen and oxygen atoms in total. The van der Waals surface area contributed by atoms with Gasteiger partial charge in [0.2, 0.25) is 5.91 Å². The van der Waals surface area contributed by atoms with Gasteiger partial charge in [-0.1, -0.05) is 72.7 Å². The van der Waals surface area contributed by atoms with Crippen molar-refractivity contribution in [3.63, 3.8) is 0 Å². The Morgan fingerprint density at radius 3 is 2.47 bits per heavy atom. The summed E-state index contributed by atoms with van der Waals surface area (Å²) in [4.78, 5) is 31.3. The van der Waals surface area contributed by atoms with Gasteiger partial charge in [0.1, 0.15) is 6.61 Å². The maximum absolute atomic E-state index is 14.4. The number of aryl methyl sites for hydroxylation is 3. The molecule has 0 saturated carbocycles. The summed E-state index contributed by atoms with van der Waals surface area (Å²) in [5.41, 5.74) is 10.1. The molecule has 47 heavy (non-hydrogen) atoms. The number of benzene rings is 3. The zero-order chi connectivity index (χ0) is 33.2. The molecule has 7 heteroatoms. The predicted octanol–water partition coefficient (Wildman–Crippen LogP) is 7.26. The van der Waals surface area contributed by atoms with Crippen LogP contribution in [0.4, 0.5) is 17.1 Å². The number of rotatable bonds is 10. The highest BCUT2D eigenvalue weighted by atomic mass is 16.6. The first kappa shape index (κ1) is 31.2. The first-order chi connectivity index (χ1) is 22.6. The number of ketones is 1. The predicted molar refractivity (Wildman–Crippen MR) is 186 cm³/mol. The maximum atomic E-state index is 14.4. The van der Waals surface area contributed by atoms with Gasteiger partial charge in [0.25, 0.3) is 0 Å². The molecular formula is C40H43N3O4. The lowest BCUT2D eigenvalue weighted by molar-refractivity contribution is -0.136. The molecule has 2 heterocycles. The Hall–Kier alpha value is -4.46. The molecule has 0 aromatic heterocycles. The van der Waals surface area contributed by atoms with Crippen molar-refractivity contribution in [2.75, 3.05) is 29.9 Å². The van der Waals surface area contributed by atoms with Gasteiger partial charge in [-0.2, -0.15) is 0 Å². The summed E-state index contributed by atoms with van der Waals surface area (Å²) in [5.74, 6) is 0.148. The normalized spacial score (nSPS) is 24.9. The SMILES string of the molecule is C=CCN(CC=C)C(=O)COC1C=C(C)C(N2c3ccc(Nc4c(C)cc(C)cc4C)c4c3[C@]3(O[C@H]23)c2ccccc2C4=O)C(C)C1. The van der Waals surface area contributed by atoms with Crippen LogP contribution in [-0.4, -0.2) is 54.7 Å². The van der Waals surface area contributed by atoms with Crippen LogP contribution < -0.4 is 10.2 Å². The zero-order valence-corrected chi connectivity index (χ0v) is 27.9. The lowest BCUT2D eigenvalue weighted by atomic mass is 9.77. The van der Waals surface area contributed by atoms with Crippen LogP contribution in [0.15, 0.2) is 85.5 Å². The van der Waals surface area contributed by atoms with E-state index in [2.05, 4.69) is 88.3 Å². The molecule has 4 aliphatic rings. The van der Waals surface area contributed by atoms with E-state index in [-0.39, 0.29) is 42.6 Å². The topological polar surface area (TPSA) is 74.4 Å². The van der Waals surface area contributed by atoms with Gasteiger partial charge in [-0.3, -0.25) is 9.59 Å². The van der Waals surface area contributed by atoms with Crippen molar-refractivity contribution >= 4 is 28.8 Å². The number of nitrogens with zero attached hydrogens (tertiary/aromatic N) is 2. The highest BCUT2D eigenvalue weighted by Crippen LogP contribution is 2.67. The molecule has 1 N–H and O–H groups in total. The first-order valence-corrected chi connectivity index (χ1v) is 16.5. The highest BCUT2D eigenvalue weighted by molar-refractivity contribution is 6.18. The molecule has 1 amide bonds. The van der Waals surface area contributed by atoms with E-state index in [1.165, 1.54) is 11.1 Å². The quantitative estimate of drug-likeness (QED) is 0.188. The number of ether oxygens (including phenoxy) is 2. The molecule has 0 bridgehead atoms. The van der Waals surface area contributed by atoms with Gasteiger partial charge in [-0.05, 0) is 63.3 Å². The molecular weight excluding hydrogens is 586 g/mol. The lowest BCUT2D eigenvalue weighted by Crippen LogP contribution is -2.46. The summed E-state index contributed by atoms with van der Waals surface area (Å²) < 4.78 is 12.9. The molecule has 5 atom stereocenters. The number of fused-ring (bicyclic) bond motifs is 1. The van der Waals surface area contributed by atoms with Gasteiger partial charge < -0.3 is 24.6 Å². The average Bonchev–Trinajstić information content (AvgIpc) is 3.70. The second kappa shape index (κ2) is 11.7. The van der Waals surface area contributed by atoms with Crippen molar-refractivity contribution < 1.29 is 19.1 Å². The molecule has 0 radical (unpaired) electrons. The first-order valence-electron chi connectivity index (χ1n) is 16.5. The van der Waals surface area contributed by atoms with Gasteiger partial charge in [0.05, 0.1) is 23.4 Å². The second-order valence-electron chi connectivity index (χ2n) is 13.6. The average molecular weight is 630 g/mol. The fourth-order valence-electron chi connectivity index (χ4n) is 8.38. The Balaban J connectivity index is 1.24. The van der Waals surface area contributed by atoms with Crippen molar-refractivity contribution in [1.82, 2.24) is 4.90 Å². The number of epoxide rings is 1. The minimum absolute atomic E-state index is 0.00682. The molecule has 3 aromatic carbocycles. The Kier molecular flexibility index (Phi) is 7.72. The van der Waals surface area contributed by atoms with Gasteiger partial charge in [0, 0.05) is 41.2 Å². The smallest absolute Gasteiger partial charge is 0.249 e. The fraction of sp³-hybridized carbons (Fsp3) is 0.350. The molecule has 3 aromatic rings. The Morgan fingerprint density at radius 2 is 1.79 bits per heavy atom.